The van der Waals surface area contributed by atoms with Crippen LogP contribution in [0, 0.1) is 29.5 Å². The number of carbonyl (C=O) groups is 1. The summed E-state index contributed by atoms with van der Waals surface area (Å²) in [6.07, 6.45) is 8.33. The Labute approximate surface area is 188 Å². The number of sulfonamides is 1. The number of hydrogen-bond acceptors (Lipinski definition) is 3. The van der Waals surface area contributed by atoms with Gasteiger partial charge in [-0.15, -0.1) is 0 Å². The van der Waals surface area contributed by atoms with Crippen LogP contribution >= 0.6 is 11.6 Å². The number of rotatable bonds is 5. The van der Waals surface area contributed by atoms with E-state index < -0.39 is 21.6 Å². The number of piperidine rings is 1. The molecule has 4 bridgehead atoms. The SMILES string of the molecule is O=C(NC12CC3CC(CC(C3)C1)C2)C1CCN(S(=O)(=O)Cc2c(F)cccc2Cl)CC1. The van der Waals surface area contributed by atoms with Crippen molar-refractivity contribution < 1.29 is 17.6 Å². The fraction of sp³-hybridized carbons (Fsp3) is 0.696. The van der Waals surface area contributed by atoms with Crippen LogP contribution in [0.1, 0.15) is 56.9 Å². The second-order valence-electron chi connectivity index (χ2n) is 10.3. The van der Waals surface area contributed by atoms with Crippen molar-refractivity contribution in [2.75, 3.05) is 13.1 Å². The quantitative estimate of drug-likeness (QED) is 0.707. The molecule has 4 saturated carbocycles. The fourth-order valence-corrected chi connectivity index (χ4v) is 8.88. The largest absolute Gasteiger partial charge is 0.350 e. The Balaban J connectivity index is 1.19. The normalized spacial score (nSPS) is 33.5. The van der Waals surface area contributed by atoms with Crippen LogP contribution in [0.15, 0.2) is 18.2 Å². The van der Waals surface area contributed by atoms with Crippen LogP contribution in [0.4, 0.5) is 4.39 Å². The van der Waals surface area contributed by atoms with E-state index in [1.807, 2.05) is 0 Å². The highest BCUT2D eigenvalue weighted by Crippen LogP contribution is 2.55. The van der Waals surface area contributed by atoms with Gasteiger partial charge in [-0.25, -0.2) is 17.1 Å². The number of amides is 1. The second-order valence-corrected chi connectivity index (χ2v) is 12.7. The lowest BCUT2D eigenvalue weighted by atomic mass is 9.53. The average molecular weight is 469 g/mol. The summed E-state index contributed by atoms with van der Waals surface area (Å²) in [6.45, 7) is 0.570. The first-order valence-electron chi connectivity index (χ1n) is 11.5. The van der Waals surface area contributed by atoms with Gasteiger partial charge in [0.1, 0.15) is 5.82 Å². The van der Waals surface area contributed by atoms with Gasteiger partial charge in [0, 0.05) is 35.1 Å². The van der Waals surface area contributed by atoms with Gasteiger partial charge in [-0.1, -0.05) is 17.7 Å². The van der Waals surface area contributed by atoms with Crippen molar-refractivity contribution in [2.24, 2.45) is 23.7 Å². The predicted molar refractivity (Wildman–Crippen MR) is 117 cm³/mol. The van der Waals surface area contributed by atoms with E-state index in [1.54, 1.807) is 0 Å². The molecule has 31 heavy (non-hydrogen) atoms. The first-order valence-corrected chi connectivity index (χ1v) is 13.4. The van der Waals surface area contributed by atoms with Crippen LogP contribution in [0.5, 0.6) is 0 Å². The van der Waals surface area contributed by atoms with Crippen molar-refractivity contribution >= 4 is 27.5 Å². The van der Waals surface area contributed by atoms with E-state index in [1.165, 1.54) is 41.8 Å². The molecule has 1 aromatic carbocycles. The van der Waals surface area contributed by atoms with E-state index in [-0.39, 0.29) is 41.0 Å². The maximum Gasteiger partial charge on any atom is 0.223 e. The van der Waals surface area contributed by atoms with Gasteiger partial charge in [-0.05, 0) is 81.3 Å². The Morgan fingerprint density at radius 3 is 2.23 bits per heavy atom. The van der Waals surface area contributed by atoms with E-state index in [9.17, 15) is 17.6 Å². The fourth-order valence-electron chi connectivity index (χ4n) is 6.97. The Morgan fingerprint density at radius 1 is 1.10 bits per heavy atom. The molecule has 0 aromatic heterocycles. The van der Waals surface area contributed by atoms with Crippen molar-refractivity contribution in [3.63, 3.8) is 0 Å². The zero-order valence-corrected chi connectivity index (χ0v) is 19.2. The zero-order valence-electron chi connectivity index (χ0n) is 17.7. The maximum atomic E-state index is 14.1. The molecule has 1 amide bonds. The minimum atomic E-state index is -3.70. The minimum Gasteiger partial charge on any atom is -0.350 e. The van der Waals surface area contributed by atoms with Gasteiger partial charge in [-0.2, -0.15) is 0 Å². The zero-order chi connectivity index (χ0) is 21.8. The van der Waals surface area contributed by atoms with Crippen LogP contribution in [-0.4, -0.2) is 37.3 Å². The Bertz CT molecular complexity index is 919. The molecular formula is C23H30ClFN2O3S. The van der Waals surface area contributed by atoms with Gasteiger partial charge >= 0.3 is 0 Å². The summed E-state index contributed by atoms with van der Waals surface area (Å²) >= 11 is 6.01. The molecule has 170 valence electrons. The Kier molecular flexibility index (Phi) is 5.58. The summed E-state index contributed by atoms with van der Waals surface area (Å²) in [5.41, 5.74) is -0.0118. The smallest absolute Gasteiger partial charge is 0.223 e. The van der Waals surface area contributed by atoms with E-state index in [4.69, 9.17) is 11.6 Å². The van der Waals surface area contributed by atoms with E-state index in [0.29, 0.717) is 12.8 Å². The Hall–Kier alpha value is -1.18. The van der Waals surface area contributed by atoms with Gasteiger partial charge < -0.3 is 5.32 Å². The molecule has 0 atom stereocenters. The first-order chi connectivity index (χ1) is 14.7. The standard InChI is InChI=1S/C23H30ClFN2O3S/c24-20-2-1-3-21(25)19(20)14-31(29,30)27-6-4-18(5-7-27)22(28)26-23-11-15-8-16(12-23)10-17(9-15)13-23/h1-3,15-18H,4-14H2,(H,26,28). The molecule has 5 fully saturated rings. The third-order valence-electron chi connectivity index (χ3n) is 8.03. The first kappa shape index (κ1) is 21.7. The van der Waals surface area contributed by atoms with Gasteiger partial charge in [-0.3, -0.25) is 4.79 Å². The minimum absolute atomic E-state index is 0.00542. The van der Waals surface area contributed by atoms with Gasteiger partial charge in [0.25, 0.3) is 0 Å². The molecule has 4 aliphatic carbocycles. The molecule has 0 radical (unpaired) electrons. The van der Waals surface area contributed by atoms with Crippen molar-refractivity contribution in [3.8, 4) is 0 Å². The third-order valence-corrected chi connectivity index (χ3v) is 10.2. The lowest BCUT2D eigenvalue weighted by Crippen LogP contribution is -2.61. The van der Waals surface area contributed by atoms with Gasteiger partial charge in [0.05, 0.1) is 5.75 Å². The highest BCUT2D eigenvalue weighted by molar-refractivity contribution is 7.88. The molecule has 5 nitrogen and oxygen atoms in total. The van der Waals surface area contributed by atoms with Gasteiger partial charge in [0.2, 0.25) is 15.9 Å². The molecule has 6 rings (SSSR count). The lowest BCUT2D eigenvalue weighted by Gasteiger charge is -2.57. The summed E-state index contributed by atoms with van der Waals surface area (Å²) < 4.78 is 41.1. The molecular weight excluding hydrogens is 439 g/mol. The summed E-state index contributed by atoms with van der Waals surface area (Å²) in [5, 5.41) is 3.55. The molecule has 0 spiro atoms. The molecule has 8 heteroatoms. The van der Waals surface area contributed by atoms with Crippen LogP contribution in [0.2, 0.25) is 5.02 Å². The number of halogens is 2. The topological polar surface area (TPSA) is 66.5 Å². The third kappa shape index (κ3) is 4.25. The molecule has 1 saturated heterocycles. The molecule has 1 aromatic rings. The van der Waals surface area contributed by atoms with Crippen molar-refractivity contribution in [3.05, 3.63) is 34.6 Å². The highest BCUT2D eigenvalue weighted by atomic mass is 35.5. The van der Waals surface area contributed by atoms with Crippen LogP contribution in [0.25, 0.3) is 0 Å². The Morgan fingerprint density at radius 2 is 1.68 bits per heavy atom. The highest BCUT2D eigenvalue weighted by Gasteiger charge is 2.52. The van der Waals surface area contributed by atoms with E-state index in [0.717, 1.165) is 37.0 Å². The number of hydrogen-bond donors (Lipinski definition) is 1. The van der Waals surface area contributed by atoms with Crippen molar-refractivity contribution in [2.45, 2.75) is 62.7 Å². The van der Waals surface area contributed by atoms with E-state index in [2.05, 4.69) is 5.32 Å². The summed E-state index contributed by atoms with van der Waals surface area (Å²) in [5.74, 6) is 1.17. The summed E-state index contributed by atoms with van der Waals surface area (Å²) in [6, 6.07) is 4.18. The van der Waals surface area contributed by atoms with Crippen LogP contribution in [-0.2, 0) is 20.6 Å². The lowest BCUT2D eigenvalue weighted by molar-refractivity contribution is -0.132. The number of benzene rings is 1. The molecule has 1 heterocycles. The number of carbonyl (C=O) groups excluding carboxylic acids is 1. The molecule has 0 unspecified atom stereocenters. The van der Waals surface area contributed by atoms with Gasteiger partial charge in [0.15, 0.2) is 0 Å². The maximum absolute atomic E-state index is 14.1. The van der Waals surface area contributed by atoms with Crippen LogP contribution < -0.4 is 5.32 Å². The van der Waals surface area contributed by atoms with Crippen LogP contribution in [0.3, 0.4) is 0 Å². The summed E-state index contributed by atoms with van der Waals surface area (Å²) in [7, 11) is -3.70. The number of nitrogens with zero attached hydrogens (tertiary/aromatic N) is 1. The van der Waals surface area contributed by atoms with Crippen molar-refractivity contribution in [1.82, 2.24) is 9.62 Å². The molecule has 5 aliphatic rings. The molecule has 1 aliphatic heterocycles. The number of nitrogens with one attached hydrogen (secondary N) is 1. The molecule has 1 N–H and O–H groups in total. The van der Waals surface area contributed by atoms with Crippen molar-refractivity contribution in [1.29, 1.82) is 0 Å². The summed E-state index contributed by atoms with van der Waals surface area (Å²) in [4.78, 5) is 13.1. The second kappa shape index (κ2) is 7.99. The monoisotopic (exact) mass is 468 g/mol. The predicted octanol–water partition coefficient (Wildman–Crippen LogP) is 4.11. The van der Waals surface area contributed by atoms with E-state index >= 15 is 0 Å². The average Bonchev–Trinajstić information content (AvgIpc) is 2.69.